The lowest BCUT2D eigenvalue weighted by molar-refractivity contribution is -0.132. The highest BCUT2D eigenvalue weighted by Crippen LogP contribution is 2.19. The molecule has 1 saturated heterocycles. The molecule has 1 heterocycles. The predicted octanol–water partition coefficient (Wildman–Crippen LogP) is 1.87. The Morgan fingerprint density at radius 2 is 2.10 bits per heavy atom. The summed E-state index contributed by atoms with van der Waals surface area (Å²) in [7, 11) is 1.90. The third kappa shape index (κ3) is 5.54. The summed E-state index contributed by atoms with van der Waals surface area (Å²) in [5, 5.41) is 3.23. The third-order valence-electron chi connectivity index (χ3n) is 3.33. The van der Waals surface area contributed by atoms with Gasteiger partial charge in [0.05, 0.1) is 6.54 Å². The van der Waals surface area contributed by atoms with E-state index in [0.717, 1.165) is 36.2 Å². The molecule has 1 aliphatic heterocycles. The van der Waals surface area contributed by atoms with E-state index >= 15 is 0 Å². The second-order valence-corrected chi connectivity index (χ2v) is 5.89. The molecule has 1 fully saturated rings. The summed E-state index contributed by atoms with van der Waals surface area (Å²) < 4.78 is 13.8. The van der Waals surface area contributed by atoms with Crippen molar-refractivity contribution >= 4 is 34.2 Å². The molecule has 0 aromatic heterocycles. The molecule has 0 bridgehead atoms. The number of nitrogens with zero attached hydrogens (tertiary/aromatic N) is 2. The molecule has 1 aromatic carbocycles. The summed E-state index contributed by atoms with van der Waals surface area (Å²) in [5.74, 6) is -0.118. The van der Waals surface area contributed by atoms with E-state index in [2.05, 4.69) is 21.2 Å². The van der Waals surface area contributed by atoms with Crippen molar-refractivity contribution in [2.75, 3.05) is 39.8 Å². The van der Waals surface area contributed by atoms with E-state index in [1.165, 1.54) is 12.1 Å². The first-order valence-electron chi connectivity index (χ1n) is 6.67. The van der Waals surface area contributed by atoms with E-state index in [-0.39, 0.29) is 24.1 Å². The quantitative estimate of drug-likeness (QED) is 0.866. The van der Waals surface area contributed by atoms with Crippen LogP contribution in [0.15, 0.2) is 22.7 Å². The Hall–Kier alpha value is -0.690. The first kappa shape index (κ1) is 18.4. The van der Waals surface area contributed by atoms with Crippen LogP contribution in [-0.4, -0.2) is 55.5 Å². The minimum Gasteiger partial charge on any atom is -0.339 e. The maximum absolute atomic E-state index is 13.0. The molecule has 0 saturated carbocycles. The fourth-order valence-corrected chi connectivity index (χ4v) is 2.72. The highest BCUT2D eigenvalue weighted by atomic mass is 79.9. The number of hydrogen-bond donors (Lipinski definition) is 1. The Labute approximate surface area is 139 Å². The lowest BCUT2D eigenvalue weighted by atomic mass is 10.2. The van der Waals surface area contributed by atoms with Gasteiger partial charge in [0, 0.05) is 37.2 Å². The summed E-state index contributed by atoms with van der Waals surface area (Å²) in [4.78, 5) is 16.0. The number of likely N-dealkylation sites (N-methyl/N-ethyl adjacent to an activating group) is 1. The maximum Gasteiger partial charge on any atom is 0.236 e. The van der Waals surface area contributed by atoms with Gasteiger partial charge in [-0.2, -0.15) is 0 Å². The van der Waals surface area contributed by atoms with Crippen molar-refractivity contribution in [3.63, 3.8) is 0 Å². The Kier molecular flexibility index (Phi) is 7.59. The fraction of sp³-hybridized carbons (Fsp3) is 0.500. The fourth-order valence-electron chi connectivity index (χ4n) is 2.24. The second kappa shape index (κ2) is 8.68. The van der Waals surface area contributed by atoms with Crippen LogP contribution in [0.3, 0.4) is 0 Å². The zero-order valence-electron chi connectivity index (χ0n) is 11.9. The van der Waals surface area contributed by atoms with E-state index in [0.29, 0.717) is 13.1 Å². The first-order valence-corrected chi connectivity index (χ1v) is 7.46. The van der Waals surface area contributed by atoms with Gasteiger partial charge in [-0.05, 0) is 24.7 Å². The molecule has 7 heteroatoms. The standard InChI is InChI=1S/C14H19BrFN3O.ClH/c1-18(9-11-2-3-12(16)8-13(11)15)10-14(20)19-6-4-17-5-7-19;/h2-3,8,17H,4-7,9-10H2,1H3;1H. The summed E-state index contributed by atoms with van der Waals surface area (Å²) in [6, 6.07) is 4.62. The van der Waals surface area contributed by atoms with Crippen molar-refractivity contribution in [1.82, 2.24) is 15.1 Å². The van der Waals surface area contributed by atoms with Crippen LogP contribution in [0.1, 0.15) is 5.56 Å². The molecular formula is C14H20BrClFN3O. The van der Waals surface area contributed by atoms with Gasteiger partial charge in [-0.15, -0.1) is 12.4 Å². The predicted molar refractivity (Wildman–Crippen MR) is 87.1 cm³/mol. The van der Waals surface area contributed by atoms with E-state index in [4.69, 9.17) is 0 Å². The monoisotopic (exact) mass is 379 g/mol. The maximum atomic E-state index is 13.0. The number of carbonyl (C=O) groups excluding carboxylic acids is 1. The molecule has 0 aliphatic carbocycles. The highest BCUT2D eigenvalue weighted by molar-refractivity contribution is 9.10. The van der Waals surface area contributed by atoms with Gasteiger partial charge in [0.1, 0.15) is 5.82 Å². The molecule has 0 atom stereocenters. The van der Waals surface area contributed by atoms with Crippen LogP contribution in [0.5, 0.6) is 0 Å². The first-order chi connectivity index (χ1) is 9.56. The van der Waals surface area contributed by atoms with Crippen LogP contribution < -0.4 is 5.32 Å². The number of hydrogen-bond acceptors (Lipinski definition) is 3. The lowest BCUT2D eigenvalue weighted by Gasteiger charge is -2.29. The molecule has 0 spiro atoms. The van der Waals surface area contributed by atoms with E-state index in [1.807, 2.05) is 16.8 Å². The second-order valence-electron chi connectivity index (χ2n) is 5.04. The highest BCUT2D eigenvalue weighted by Gasteiger charge is 2.17. The number of halogens is 3. The zero-order valence-corrected chi connectivity index (χ0v) is 14.3. The van der Waals surface area contributed by atoms with Gasteiger partial charge in [-0.25, -0.2) is 4.39 Å². The summed E-state index contributed by atoms with van der Waals surface area (Å²) in [6.07, 6.45) is 0. The number of nitrogens with one attached hydrogen (secondary N) is 1. The topological polar surface area (TPSA) is 35.6 Å². The van der Waals surface area contributed by atoms with E-state index in [9.17, 15) is 9.18 Å². The number of carbonyl (C=O) groups is 1. The average molecular weight is 381 g/mol. The molecule has 4 nitrogen and oxygen atoms in total. The zero-order chi connectivity index (χ0) is 14.5. The molecule has 1 N–H and O–H groups in total. The Bertz CT molecular complexity index is 483. The molecule has 2 rings (SSSR count). The van der Waals surface area contributed by atoms with Gasteiger partial charge in [-0.1, -0.05) is 22.0 Å². The minimum absolute atomic E-state index is 0. The lowest BCUT2D eigenvalue weighted by Crippen LogP contribution is -2.49. The van der Waals surface area contributed by atoms with Crippen LogP contribution in [0, 0.1) is 5.82 Å². The molecule has 21 heavy (non-hydrogen) atoms. The van der Waals surface area contributed by atoms with Crippen LogP contribution >= 0.6 is 28.3 Å². The normalized spacial score (nSPS) is 15.0. The van der Waals surface area contributed by atoms with E-state index in [1.54, 1.807) is 6.07 Å². The molecule has 1 aromatic rings. The molecule has 118 valence electrons. The Morgan fingerprint density at radius 3 is 2.71 bits per heavy atom. The number of rotatable bonds is 4. The van der Waals surface area contributed by atoms with Crippen molar-refractivity contribution in [3.8, 4) is 0 Å². The van der Waals surface area contributed by atoms with Gasteiger partial charge in [0.15, 0.2) is 0 Å². The van der Waals surface area contributed by atoms with Gasteiger partial charge in [-0.3, -0.25) is 9.69 Å². The summed E-state index contributed by atoms with van der Waals surface area (Å²) in [6.45, 7) is 4.25. The van der Waals surface area contributed by atoms with Crippen molar-refractivity contribution in [1.29, 1.82) is 0 Å². The number of piperazine rings is 1. The minimum atomic E-state index is -0.264. The third-order valence-corrected chi connectivity index (χ3v) is 4.07. The van der Waals surface area contributed by atoms with Crippen LogP contribution in [0.2, 0.25) is 0 Å². The smallest absolute Gasteiger partial charge is 0.236 e. The SMILES string of the molecule is CN(CC(=O)N1CCNCC1)Cc1ccc(F)cc1Br.Cl. The summed E-state index contributed by atoms with van der Waals surface area (Å²) in [5.41, 5.74) is 0.974. The van der Waals surface area contributed by atoms with Gasteiger partial charge >= 0.3 is 0 Å². The van der Waals surface area contributed by atoms with Gasteiger partial charge in [0.2, 0.25) is 5.91 Å². The Balaban J connectivity index is 0.00000220. The molecule has 1 amide bonds. The van der Waals surface area contributed by atoms with Gasteiger partial charge < -0.3 is 10.2 Å². The number of amides is 1. The van der Waals surface area contributed by atoms with Crippen molar-refractivity contribution < 1.29 is 9.18 Å². The number of benzene rings is 1. The van der Waals surface area contributed by atoms with Crippen LogP contribution in [-0.2, 0) is 11.3 Å². The van der Waals surface area contributed by atoms with E-state index < -0.39 is 0 Å². The van der Waals surface area contributed by atoms with Gasteiger partial charge in [0.25, 0.3) is 0 Å². The average Bonchev–Trinajstić information content (AvgIpc) is 2.43. The van der Waals surface area contributed by atoms with Crippen molar-refractivity contribution in [2.45, 2.75) is 6.54 Å². The molecular weight excluding hydrogens is 361 g/mol. The van der Waals surface area contributed by atoms with Crippen LogP contribution in [0.25, 0.3) is 0 Å². The van der Waals surface area contributed by atoms with Crippen molar-refractivity contribution in [3.05, 3.63) is 34.1 Å². The molecule has 1 aliphatic rings. The molecule has 0 unspecified atom stereocenters. The van der Waals surface area contributed by atoms with Crippen LogP contribution in [0.4, 0.5) is 4.39 Å². The van der Waals surface area contributed by atoms with Crippen molar-refractivity contribution in [2.24, 2.45) is 0 Å². The summed E-state index contributed by atoms with van der Waals surface area (Å²) >= 11 is 3.35. The Morgan fingerprint density at radius 1 is 1.43 bits per heavy atom. The molecule has 0 radical (unpaired) electrons. The largest absolute Gasteiger partial charge is 0.339 e.